The zero-order chi connectivity index (χ0) is 9.40. The molecule has 6 nitrogen and oxygen atoms in total. The minimum Gasteiger partial charge on any atom is -0.366 e. The van der Waals surface area contributed by atoms with Crippen molar-refractivity contribution in [3.8, 4) is 0 Å². The summed E-state index contributed by atoms with van der Waals surface area (Å²) < 4.78 is 9.95. The Balaban J connectivity index is 3.01. The van der Waals surface area contributed by atoms with Gasteiger partial charge in [-0.05, 0) is 0 Å². The topological polar surface area (TPSA) is 122 Å². The number of ether oxygens (including phenoxy) is 2. The molecule has 8 N–H and O–H groups in total. The molecule has 0 aromatic heterocycles. The van der Waals surface area contributed by atoms with Crippen molar-refractivity contribution in [3.05, 3.63) is 0 Å². The summed E-state index contributed by atoms with van der Waals surface area (Å²) in [5.41, 5.74) is 10.3. The second-order valence-electron chi connectivity index (χ2n) is 2.26. The van der Waals surface area contributed by atoms with Gasteiger partial charge in [0.05, 0.1) is 13.2 Å². The Morgan fingerprint density at radius 2 is 1.25 bits per heavy atom. The van der Waals surface area contributed by atoms with Gasteiger partial charge in [0, 0.05) is 0 Å². The highest BCUT2D eigenvalue weighted by Crippen LogP contribution is 1.76. The number of rotatable bonds is 7. The predicted molar refractivity (Wildman–Crippen MR) is 43.9 cm³/mol. The fourth-order valence-electron chi connectivity index (χ4n) is 0.498. The zero-order valence-corrected chi connectivity index (χ0v) is 6.95. The molecule has 0 saturated carbocycles. The summed E-state index contributed by atoms with van der Waals surface area (Å²) in [5.74, 6) is 0.500. The molecule has 0 unspecified atom stereocenters. The summed E-state index contributed by atoms with van der Waals surface area (Å²) in [7, 11) is 0. The smallest absolute Gasteiger partial charge is 0.264 e. The Morgan fingerprint density at radius 3 is 1.50 bits per heavy atom. The molecule has 0 saturated heterocycles. The van der Waals surface area contributed by atoms with Crippen LogP contribution in [0.4, 0.5) is 0 Å². The van der Waals surface area contributed by atoms with Crippen LogP contribution >= 0.6 is 0 Å². The van der Waals surface area contributed by atoms with Gasteiger partial charge in [-0.25, -0.2) is 0 Å². The molecular weight excluding hydrogens is 160 g/mol. The first-order valence-electron chi connectivity index (χ1n) is 3.52. The molecule has 0 heterocycles. The number of amidine groups is 2. The maximum atomic E-state index is 5.14. The van der Waals surface area contributed by atoms with Crippen LogP contribution in [0.25, 0.3) is 0 Å². The first-order chi connectivity index (χ1) is 5.63. The van der Waals surface area contributed by atoms with E-state index in [2.05, 4.69) is 0 Å². The van der Waals surface area contributed by atoms with Gasteiger partial charge in [-0.15, -0.1) is 0 Å². The highest BCUT2D eigenvalue weighted by atomic mass is 16.5. The molecule has 0 atom stereocenters. The minimum absolute atomic E-state index is 0.241. The quantitative estimate of drug-likeness (QED) is 0.177. The van der Waals surface area contributed by atoms with Crippen LogP contribution in [0, 0.1) is 0 Å². The van der Waals surface area contributed by atoms with E-state index in [1.54, 1.807) is 0 Å². The zero-order valence-electron chi connectivity index (χ0n) is 6.95. The fraction of sp³-hybridized carbons (Fsp3) is 0.667. The lowest BCUT2D eigenvalue weighted by Crippen LogP contribution is -2.49. The van der Waals surface area contributed by atoms with Crippen molar-refractivity contribution in [3.63, 3.8) is 0 Å². The van der Waals surface area contributed by atoms with Crippen LogP contribution in [0.2, 0.25) is 0 Å². The fourth-order valence-corrected chi connectivity index (χ4v) is 0.498. The predicted octanol–water partition coefficient (Wildman–Crippen LogP) is -4.75. The number of hydrogen-bond donors (Lipinski definition) is 4. The van der Waals surface area contributed by atoms with Gasteiger partial charge in [-0.1, -0.05) is 0 Å². The van der Waals surface area contributed by atoms with Gasteiger partial charge in [-0.2, -0.15) is 0 Å². The molecule has 0 bridgehead atoms. The number of hydrogen-bond acceptors (Lipinski definition) is 2. The van der Waals surface area contributed by atoms with Gasteiger partial charge in [-0.3, -0.25) is 22.3 Å². The summed E-state index contributed by atoms with van der Waals surface area (Å²) in [4.78, 5) is 0. The molecule has 70 valence electrons. The van der Waals surface area contributed by atoms with E-state index >= 15 is 0 Å². The summed E-state index contributed by atoms with van der Waals surface area (Å²) >= 11 is 0. The second-order valence-corrected chi connectivity index (χ2v) is 2.26. The average Bonchev–Trinajstić information content (AvgIpc) is 1.95. The third kappa shape index (κ3) is 8.86. The molecule has 0 aromatic rings. The summed E-state index contributed by atoms with van der Waals surface area (Å²) in [6.45, 7) is 1.33. The van der Waals surface area contributed by atoms with Crippen LogP contribution < -0.4 is 22.3 Å². The molecule has 6 heteroatoms. The lowest BCUT2D eigenvalue weighted by atomic mass is 10.6. The first-order valence-corrected chi connectivity index (χ1v) is 3.52. The lowest BCUT2D eigenvalue weighted by Gasteiger charge is -2.00. The first kappa shape index (κ1) is 10.9. The molecular formula is C6H16N4O2+2. The Morgan fingerprint density at radius 1 is 0.917 bits per heavy atom. The lowest BCUT2D eigenvalue weighted by molar-refractivity contribution is -0.126. The molecule has 0 spiro atoms. The molecule has 0 aromatic carbocycles. The third-order valence-electron chi connectivity index (χ3n) is 0.909. The van der Waals surface area contributed by atoms with E-state index in [4.69, 9.17) is 31.8 Å². The van der Waals surface area contributed by atoms with Crippen molar-refractivity contribution in [2.75, 3.05) is 26.4 Å². The van der Waals surface area contributed by atoms with Crippen molar-refractivity contribution in [2.24, 2.45) is 11.5 Å². The van der Waals surface area contributed by atoms with Crippen LogP contribution in [0.1, 0.15) is 0 Å². The maximum absolute atomic E-state index is 5.14. The molecule has 0 aliphatic heterocycles. The van der Waals surface area contributed by atoms with E-state index in [1.165, 1.54) is 0 Å². The normalized spacial score (nSPS) is 9.67. The standard InChI is InChI=1S/C6H14N4O2/c7-5(8)3-11-1-2-12-4-6(9)10/h1-4H2,(H3,7,8)(H3,9,10)/p+2. The van der Waals surface area contributed by atoms with Crippen LogP contribution in [0.3, 0.4) is 0 Å². The molecule has 0 aliphatic rings. The maximum Gasteiger partial charge on any atom is 0.264 e. The molecule has 0 fully saturated rings. The van der Waals surface area contributed by atoms with E-state index in [1.807, 2.05) is 0 Å². The molecule has 0 rings (SSSR count). The van der Waals surface area contributed by atoms with Crippen molar-refractivity contribution < 1.29 is 20.3 Å². The van der Waals surface area contributed by atoms with E-state index in [-0.39, 0.29) is 24.9 Å². The van der Waals surface area contributed by atoms with Crippen LogP contribution in [-0.4, -0.2) is 38.1 Å². The van der Waals surface area contributed by atoms with Crippen LogP contribution in [0.5, 0.6) is 0 Å². The van der Waals surface area contributed by atoms with E-state index in [0.717, 1.165) is 0 Å². The van der Waals surface area contributed by atoms with Gasteiger partial charge in [0.2, 0.25) is 0 Å². The van der Waals surface area contributed by atoms with Crippen molar-refractivity contribution >= 4 is 11.7 Å². The SMILES string of the molecule is NC(=[NH2+])COCCOCC(N)=[NH2+]. The summed E-state index contributed by atoms with van der Waals surface area (Å²) in [6.07, 6.45) is 0. The molecule has 0 aliphatic carbocycles. The third-order valence-corrected chi connectivity index (χ3v) is 0.909. The Bertz CT molecular complexity index is 142. The Labute approximate surface area is 70.8 Å². The number of nitrogens with two attached hydrogens (primary N) is 4. The van der Waals surface area contributed by atoms with Crippen molar-refractivity contribution in [2.45, 2.75) is 0 Å². The summed E-state index contributed by atoms with van der Waals surface area (Å²) in [6, 6.07) is 0. The average molecular weight is 176 g/mol. The molecule has 0 amide bonds. The monoisotopic (exact) mass is 176 g/mol. The molecule has 0 radical (unpaired) electrons. The largest absolute Gasteiger partial charge is 0.366 e. The van der Waals surface area contributed by atoms with Gasteiger partial charge in [0.1, 0.15) is 13.2 Å². The van der Waals surface area contributed by atoms with Gasteiger partial charge >= 0.3 is 0 Å². The van der Waals surface area contributed by atoms with Crippen molar-refractivity contribution in [1.82, 2.24) is 0 Å². The van der Waals surface area contributed by atoms with Gasteiger partial charge in [0.25, 0.3) is 11.7 Å². The Kier molecular flexibility index (Phi) is 5.94. The van der Waals surface area contributed by atoms with E-state index < -0.39 is 0 Å². The Hall–Kier alpha value is -1.14. The molecule has 12 heavy (non-hydrogen) atoms. The van der Waals surface area contributed by atoms with Crippen LogP contribution in [0.15, 0.2) is 0 Å². The van der Waals surface area contributed by atoms with Crippen LogP contribution in [-0.2, 0) is 9.47 Å². The summed E-state index contributed by atoms with van der Waals surface area (Å²) in [5, 5.41) is 10.3. The van der Waals surface area contributed by atoms with Crippen molar-refractivity contribution in [1.29, 1.82) is 0 Å². The van der Waals surface area contributed by atoms with E-state index in [9.17, 15) is 0 Å². The van der Waals surface area contributed by atoms with Gasteiger partial charge in [0.15, 0.2) is 0 Å². The van der Waals surface area contributed by atoms with Gasteiger partial charge < -0.3 is 9.47 Å². The second kappa shape index (κ2) is 6.56. The van der Waals surface area contributed by atoms with E-state index in [0.29, 0.717) is 13.2 Å². The minimum atomic E-state index is 0.241. The highest BCUT2D eigenvalue weighted by Gasteiger charge is 1.97. The highest BCUT2D eigenvalue weighted by molar-refractivity contribution is 5.75.